The fourth-order valence-electron chi connectivity index (χ4n) is 3.54. The molecule has 0 bridgehead atoms. The van der Waals surface area contributed by atoms with Crippen molar-refractivity contribution in [3.05, 3.63) is 0 Å². The molecule has 0 spiro atoms. The van der Waals surface area contributed by atoms with E-state index in [9.17, 15) is 13.2 Å². The van der Waals surface area contributed by atoms with Gasteiger partial charge in [0.1, 0.15) is 5.25 Å². The van der Waals surface area contributed by atoms with Gasteiger partial charge in [-0.05, 0) is 44.9 Å². The third kappa shape index (κ3) is 3.97. The number of carbonyl (C=O) groups is 1. The minimum atomic E-state index is -3.25. The zero-order valence-electron chi connectivity index (χ0n) is 13.0. The molecule has 5 nitrogen and oxygen atoms in total. The molecule has 2 fully saturated rings. The van der Waals surface area contributed by atoms with E-state index in [-0.39, 0.29) is 23.7 Å². The summed E-state index contributed by atoms with van der Waals surface area (Å²) in [4.78, 5) is 14.6. The van der Waals surface area contributed by atoms with E-state index in [0.29, 0.717) is 19.4 Å². The Morgan fingerprint density at radius 1 is 1.14 bits per heavy atom. The first-order valence-corrected chi connectivity index (χ1v) is 9.95. The lowest BCUT2D eigenvalue weighted by atomic mass is 9.90. The first-order valence-electron chi connectivity index (χ1n) is 8.23. The Balaban J connectivity index is 2.11. The zero-order valence-corrected chi connectivity index (χ0v) is 13.8. The van der Waals surface area contributed by atoms with Crippen molar-refractivity contribution in [2.45, 2.75) is 75.6 Å². The molecule has 0 aromatic carbocycles. The van der Waals surface area contributed by atoms with Crippen LogP contribution in [-0.2, 0) is 14.6 Å². The Labute approximate surface area is 128 Å². The van der Waals surface area contributed by atoms with E-state index < -0.39 is 15.1 Å². The molecule has 0 radical (unpaired) electrons. The Morgan fingerprint density at radius 2 is 1.81 bits per heavy atom. The highest BCUT2D eigenvalue weighted by Gasteiger charge is 2.39. The molecule has 1 unspecified atom stereocenters. The minimum Gasteiger partial charge on any atom is -0.339 e. The topological polar surface area (TPSA) is 80.5 Å². The number of rotatable bonds is 4. The van der Waals surface area contributed by atoms with Gasteiger partial charge in [0, 0.05) is 18.6 Å². The van der Waals surface area contributed by atoms with Crippen molar-refractivity contribution in [2.24, 2.45) is 5.73 Å². The Kier molecular flexibility index (Phi) is 5.66. The number of nitrogens with two attached hydrogens (primary N) is 1. The van der Waals surface area contributed by atoms with Gasteiger partial charge in [-0.1, -0.05) is 13.3 Å². The van der Waals surface area contributed by atoms with Gasteiger partial charge in [-0.2, -0.15) is 0 Å². The van der Waals surface area contributed by atoms with Crippen LogP contribution >= 0.6 is 0 Å². The second-order valence-electron chi connectivity index (χ2n) is 6.45. The van der Waals surface area contributed by atoms with E-state index in [4.69, 9.17) is 5.73 Å². The Morgan fingerprint density at radius 3 is 2.38 bits per heavy atom. The lowest BCUT2D eigenvalue weighted by molar-refractivity contribution is -0.134. The van der Waals surface area contributed by atoms with Crippen LogP contribution < -0.4 is 5.73 Å². The zero-order chi connectivity index (χ0) is 15.5. The Bertz CT molecular complexity index is 456. The number of nitrogens with zero attached hydrogens (tertiary/aromatic N) is 1. The number of carbonyl (C=O) groups excluding carboxylic acids is 1. The van der Waals surface area contributed by atoms with Gasteiger partial charge in [0.25, 0.3) is 0 Å². The molecule has 2 rings (SSSR count). The van der Waals surface area contributed by atoms with Crippen LogP contribution in [0, 0.1) is 0 Å². The summed E-state index contributed by atoms with van der Waals surface area (Å²) in [5, 5.41) is -0.798. The number of hydrogen-bond acceptors (Lipinski definition) is 4. The molecule has 1 saturated carbocycles. The van der Waals surface area contributed by atoms with Gasteiger partial charge in [0.15, 0.2) is 9.84 Å². The summed E-state index contributed by atoms with van der Waals surface area (Å²) >= 11 is 0. The molecule has 0 aromatic rings. The maximum atomic E-state index is 12.8. The van der Waals surface area contributed by atoms with Crippen LogP contribution in [0.5, 0.6) is 0 Å². The van der Waals surface area contributed by atoms with Crippen LogP contribution in [0.15, 0.2) is 0 Å². The second kappa shape index (κ2) is 7.09. The van der Waals surface area contributed by atoms with Crippen LogP contribution in [-0.4, -0.2) is 48.9 Å². The summed E-state index contributed by atoms with van der Waals surface area (Å²) in [6, 6.07) is 0.410. The van der Waals surface area contributed by atoms with Crippen molar-refractivity contribution in [1.29, 1.82) is 0 Å². The van der Waals surface area contributed by atoms with E-state index in [1.165, 1.54) is 0 Å². The van der Waals surface area contributed by atoms with Gasteiger partial charge in [0.2, 0.25) is 5.91 Å². The number of sulfone groups is 1. The van der Waals surface area contributed by atoms with Crippen molar-refractivity contribution < 1.29 is 13.2 Å². The largest absolute Gasteiger partial charge is 0.339 e. The highest BCUT2D eigenvalue weighted by Crippen LogP contribution is 2.27. The molecule has 0 aromatic heterocycles. The molecule has 2 aliphatic rings. The molecule has 122 valence electrons. The summed E-state index contributed by atoms with van der Waals surface area (Å²) in [5.74, 6) is 0.0101. The summed E-state index contributed by atoms with van der Waals surface area (Å²) in [6.45, 7) is 2.69. The smallest absolute Gasteiger partial charge is 0.241 e. The SMILES string of the molecule is CCCN(C(=O)C1CCCCS1(=O)=O)C1CCC(N)CC1. The molecule has 2 N–H and O–H groups in total. The van der Waals surface area contributed by atoms with Crippen molar-refractivity contribution >= 4 is 15.7 Å². The lowest BCUT2D eigenvalue weighted by Crippen LogP contribution is -2.51. The average molecular weight is 316 g/mol. The van der Waals surface area contributed by atoms with Gasteiger partial charge < -0.3 is 10.6 Å². The van der Waals surface area contributed by atoms with E-state index in [1.807, 2.05) is 11.8 Å². The molecular weight excluding hydrogens is 288 g/mol. The van der Waals surface area contributed by atoms with Crippen LogP contribution in [0.3, 0.4) is 0 Å². The maximum Gasteiger partial charge on any atom is 0.241 e. The summed E-state index contributed by atoms with van der Waals surface area (Å²) < 4.78 is 24.4. The van der Waals surface area contributed by atoms with Crippen LogP contribution in [0.2, 0.25) is 0 Å². The molecule has 1 heterocycles. The summed E-state index contributed by atoms with van der Waals surface area (Å²) in [7, 11) is -3.25. The van der Waals surface area contributed by atoms with E-state index in [2.05, 4.69) is 0 Å². The van der Waals surface area contributed by atoms with Crippen LogP contribution in [0.1, 0.15) is 58.3 Å². The third-order valence-electron chi connectivity index (χ3n) is 4.78. The van der Waals surface area contributed by atoms with Gasteiger partial charge in [-0.25, -0.2) is 8.42 Å². The van der Waals surface area contributed by atoms with E-state index in [1.54, 1.807) is 0 Å². The molecule has 1 aliphatic heterocycles. The van der Waals surface area contributed by atoms with Gasteiger partial charge in [-0.15, -0.1) is 0 Å². The predicted molar refractivity (Wildman–Crippen MR) is 83.7 cm³/mol. The molecule has 1 aliphatic carbocycles. The van der Waals surface area contributed by atoms with Crippen LogP contribution in [0.4, 0.5) is 0 Å². The highest BCUT2D eigenvalue weighted by atomic mass is 32.2. The minimum absolute atomic E-state index is 0.156. The van der Waals surface area contributed by atoms with Crippen LogP contribution in [0.25, 0.3) is 0 Å². The first kappa shape index (κ1) is 16.7. The van der Waals surface area contributed by atoms with Crippen molar-refractivity contribution in [2.75, 3.05) is 12.3 Å². The molecular formula is C15H28N2O3S. The van der Waals surface area contributed by atoms with Gasteiger partial charge in [0.05, 0.1) is 5.75 Å². The number of hydrogen-bond donors (Lipinski definition) is 1. The monoisotopic (exact) mass is 316 g/mol. The van der Waals surface area contributed by atoms with Gasteiger partial charge in [-0.3, -0.25) is 4.79 Å². The molecule has 1 atom stereocenters. The molecule has 1 amide bonds. The van der Waals surface area contributed by atoms with Gasteiger partial charge >= 0.3 is 0 Å². The first-order chi connectivity index (χ1) is 9.95. The number of amides is 1. The highest BCUT2D eigenvalue weighted by molar-refractivity contribution is 7.92. The van der Waals surface area contributed by atoms with Crippen molar-refractivity contribution in [3.63, 3.8) is 0 Å². The molecule has 6 heteroatoms. The van der Waals surface area contributed by atoms with Crippen molar-refractivity contribution in [1.82, 2.24) is 4.90 Å². The fourth-order valence-corrected chi connectivity index (χ4v) is 5.40. The molecule has 21 heavy (non-hydrogen) atoms. The van der Waals surface area contributed by atoms with E-state index in [0.717, 1.165) is 38.5 Å². The second-order valence-corrected chi connectivity index (χ2v) is 8.75. The third-order valence-corrected chi connectivity index (χ3v) is 6.95. The average Bonchev–Trinajstić information content (AvgIpc) is 2.45. The van der Waals surface area contributed by atoms with E-state index >= 15 is 0 Å². The Hall–Kier alpha value is -0.620. The summed E-state index contributed by atoms with van der Waals surface area (Å²) in [6.07, 6.45) is 6.54. The normalized spacial score (nSPS) is 32.6. The fraction of sp³-hybridized carbons (Fsp3) is 0.933. The predicted octanol–water partition coefficient (Wildman–Crippen LogP) is 1.46. The lowest BCUT2D eigenvalue weighted by Gasteiger charge is -2.38. The quantitative estimate of drug-likeness (QED) is 0.851. The maximum absolute atomic E-state index is 12.8. The molecule has 1 saturated heterocycles. The standard InChI is InChI=1S/C15H28N2O3S/c1-2-10-17(13-8-6-12(16)7-9-13)15(18)14-5-3-4-11-21(14,19)20/h12-14H,2-11,16H2,1H3. The summed E-state index contributed by atoms with van der Waals surface area (Å²) in [5.41, 5.74) is 5.93. The van der Waals surface area contributed by atoms with Crippen molar-refractivity contribution in [3.8, 4) is 0 Å².